The number of carbonyl (C=O) groups excluding carboxylic acids is 4. The summed E-state index contributed by atoms with van der Waals surface area (Å²) in [7, 11) is -0.436. The largest absolute Gasteiger partial charge is 0.377 e. The fraction of sp³-hybridized carbons (Fsp3) is 0.483. The van der Waals surface area contributed by atoms with E-state index in [1.165, 1.54) is 10.4 Å². The van der Waals surface area contributed by atoms with Gasteiger partial charge in [-0.3, -0.25) is 24.2 Å². The second-order valence-corrected chi connectivity index (χ2v) is 13.0. The minimum atomic E-state index is -4.17. The summed E-state index contributed by atoms with van der Waals surface area (Å²) in [4.78, 5) is 56.4. The first kappa shape index (κ1) is 35.0. The molecule has 0 aromatic heterocycles. The molecule has 3 rings (SSSR count). The first-order valence-corrected chi connectivity index (χ1v) is 16.1. The molecule has 0 unspecified atom stereocenters. The maximum atomic E-state index is 14.1. The number of sulfonamides is 1. The molecule has 10 N–H and O–H groups in total. The van der Waals surface area contributed by atoms with Crippen molar-refractivity contribution in [2.24, 2.45) is 27.9 Å². The quantitative estimate of drug-likeness (QED) is 0.0806. The number of amides is 4. The Balaban J connectivity index is 1.86. The van der Waals surface area contributed by atoms with Gasteiger partial charge in [0, 0.05) is 50.1 Å². The number of rotatable bonds is 15. The third-order valence-electron chi connectivity index (χ3n) is 7.60. The topological polar surface area (TPSA) is 249 Å². The van der Waals surface area contributed by atoms with Gasteiger partial charge in [-0.2, -0.15) is 4.31 Å². The molecule has 1 aliphatic rings. The first-order valence-electron chi connectivity index (χ1n) is 14.7. The average Bonchev–Trinajstić information content (AvgIpc) is 2.99. The summed E-state index contributed by atoms with van der Waals surface area (Å²) in [6, 6.07) is 6.89. The molecule has 0 saturated carbocycles. The lowest BCUT2D eigenvalue weighted by Gasteiger charge is -2.35. The molecule has 3 atom stereocenters. The molecule has 1 heterocycles. The van der Waals surface area contributed by atoms with E-state index in [1.807, 2.05) is 31.1 Å². The normalized spacial score (nSPS) is 16.7. The van der Waals surface area contributed by atoms with Gasteiger partial charge in [-0.1, -0.05) is 30.7 Å². The molecule has 1 aliphatic heterocycles. The number of primary amides is 2. The number of hydrogen-bond donors (Lipinski definition) is 6. The first-order chi connectivity index (χ1) is 21.2. The predicted octanol–water partition coefficient (Wildman–Crippen LogP) is -0.777. The van der Waals surface area contributed by atoms with Crippen LogP contribution in [0.15, 0.2) is 46.3 Å². The molecule has 0 radical (unpaired) electrons. The number of nitrogens with two attached hydrogens (primary N) is 4. The van der Waals surface area contributed by atoms with Crippen LogP contribution in [0.1, 0.15) is 44.9 Å². The Morgan fingerprint density at radius 3 is 2.29 bits per heavy atom. The highest BCUT2D eigenvalue weighted by Crippen LogP contribution is 2.34. The third kappa shape index (κ3) is 9.04. The Morgan fingerprint density at radius 1 is 0.956 bits per heavy atom. The maximum Gasteiger partial charge on any atom is 0.244 e. The van der Waals surface area contributed by atoms with Gasteiger partial charge in [0.15, 0.2) is 5.96 Å². The molecule has 2 aromatic rings. The summed E-state index contributed by atoms with van der Waals surface area (Å²) in [6.07, 6.45) is 1.36. The molecule has 16 heteroatoms. The van der Waals surface area contributed by atoms with E-state index in [4.69, 9.17) is 22.9 Å². The summed E-state index contributed by atoms with van der Waals surface area (Å²) >= 11 is 0. The molecule has 1 fully saturated rings. The van der Waals surface area contributed by atoms with Crippen LogP contribution in [0, 0.1) is 0 Å². The van der Waals surface area contributed by atoms with Gasteiger partial charge in [-0.25, -0.2) is 8.42 Å². The summed E-state index contributed by atoms with van der Waals surface area (Å²) in [6.45, 7) is 0.296. The van der Waals surface area contributed by atoms with Crippen molar-refractivity contribution in [3.05, 3.63) is 36.4 Å². The predicted molar refractivity (Wildman–Crippen MR) is 171 cm³/mol. The van der Waals surface area contributed by atoms with Crippen molar-refractivity contribution in [1.82, 2.24) is 14.9 Å². The highest BCUT2D eigenvalue weighted by molar-refractivity contribution is 7.89. The van der Waals surface area contributed by atoms with E-state index in [2.05, 4.69) is 15.6 Å². The third-order valence-corrected chi connectivity index (χ3v) is 9.57. The summed E-state index contributed by atoms with van der Waals surface area (Å²) in [5.41, 5.74) is 22.2. The van der Waals surface area contributed by atoms with E-state index in [1.54, 1.807) is 18.2 Å². The lowest BCUT2D eigenvalue weighted by molar-refractivity contribution is -0.133. The standard InChI is InChI=1S/C29H43N9O6S/c1-37(2)22-12-5-9-19-18(22)8-6-13-24(19)45(43,44)38-17-4-3-11-23(38)28(42)36-21(14-15-25(30)39)27(41)35-20(26(31)40)10-7-16-34-29(32)33/h5-6,8-9,12-13,20-21,23H,3-4,7,10-11,14-17H2,1-2H3,(H2,30,39)(H2,31,40)(H,35,41)(H,36,42)(H4,32,33,34)/t20-,21-,23-/m0/s1. The van der Waals surface area contributed by atoms with Crippen molar-refractivity contribution < 1.29 is 27.6 Å². The van der Waals surface area contributed by atoms with Gasteiger partial charge in [0.05, 0.1) is 4.90 Å². The monoisotopic (exact) mass is 645 g/mol. The Bertz CT molecular complexity index is 1540. The van der Waals surface area contributed by atoms with Gasteiger partial charge in [0.2, 0.25) is 33.7 Å². The molecule has 0 bridgehead atoms. The van der Waals surface area contributed by atoms with Gasteiger partial charge < -0.3 is 38.5 Å². The van der Waals surface area contributed by atoms with E-state index in [9.17, 15) is 27.6 Å². The van der Waals surface area contributed by atoms with Crippen molar-refractivity contribution in [1.29, 1.82) is 0 Å². The molecule has 2 aromatic carbocycles. The SMILES string of the molecule is CN(C)c1cccc2c(S(=O)(=O)N3CCCC[C@H]3C(=O)N[C@@H](CCC(N)=O)C(=O)N[C@@H](CCCN=C(N)N)C(N)=O)cccc12. The van der Waals surface area contributed by atoms with E-state index in [-0.39, 0.29) is 49.6 Å². The zero-order valence-corrected chi connectivity index (χ0v) is 26.4. The summed E-state index contributed by atoms with van der Waals surface area (Å²) in [5.74, 6) is -3.13. The van der Waals surface area contributed by atoms with Crippen LogP contribution in [0.25, 0.3) is 10.8 Å². The number of benzene rings is 2. The lowest BCUT2D eigenvalue weighted by atomic mass is 10.0. The molecule has 0 spiro atoms. The Labute approximate surface area is 262 Å². The number of hydrogen-bond acceptors (Lipinski definition) is 8. The van der Waals surface area contributed by atoms with Crippen molar-refractivity contribution in [3.63, 3.8) is 0 Å². The number of nitrogens with one attached hydrogen (secondary N) is 2. The zero-order valence-electron chi connectivity index (χ0n) is 25.6. The minimum absolute atomic E-state index is 0.0662. The number of piperidine rings is 1. The molecule has 246 valence electrons. The molecule has 4 amide bonds. The fourth-order valence-electron chi connectivity index (χ4n) is 5.35. The van der Waals surface area contributed by atoms with Crippen LogP contribution in [-0.4, -0.2) is 87.6 Å². The fourth-order valence-corrected chi connectivity index (χ4v) is 7.21. The van der Waals surface area contributed by atoms with Crippen molar-refractivity contribution in [2.75, 3.05) is 32.1 Å². The van der Waals surface area contributed by atoms with E-state index in [0.29, 0.717) is 24.6 Å². The highest BCUT2D eigenvalue weighted by Gasteiger charge is 2.39. The Kier molecular flexibility index (Phi) is 12.1. The van der Waals surface area contributed by atoms with Gasteiger partial charge >= 0.3 is 0 Å². The van der Waals surface area contributed by atoms with Crippen molar-refractivity contribution in [3.8, 4) is 0 Å². The molecule has 1 saturated heterocycles. The van der Waals surface area contributed by atoms with Gasteiger partial charge in [0.1, 0.15) is 18.1 Å². The van der Waals surface area contributed by atoms with Gasteiger partial charge in [-0.05, 0) is 44.2 Å². The molecule has 0 aliphatic carbocycles. The smallest absolute Gasteiger partial charge is 0.244 e. The number of anilines is 1. The van der Waals surface area contributed by atoms with Crippen LogP contribution in [0.4, 0.5) is 5.69 Å². The van der Waals surface area contributed by atoms with Gasteiger partial charge in [0.25, 0.3) is 0 Å². The van der Waals surface area contributed by atoms with Crippen molar-refractivity contribution >= 4 is 56.1 Å². The lowest BCUT2D eigenvalue weighted by Crippen LogP contribution is -2.58. The van der Waals surface area contributed by atoms with Gasteiger partial charge in [-0.15, -0.1) is 0 Å². The Hall–Kier alpha value is -4.44. The highest BCUT2D eigenvalue weighted by atomic mass is 32.2. The van der Waals surface area contributed by atoms with E-state index >= 15 is 0 Å². The van der Waals surface area contributed by atoms with Crippen LogP contribution in [-0.2, 0) is 29.2 Å². The van der Waals surface area contributed by atoms with Crippen LogP contribution in [0.5, 0.6) is 0 Å². The number of fused-ring (bicyclic) bond motifs is 1. The van der Waals surface area contributed by atoms with Crippen LogP contribution < -0.4 is 38.5 Å². The van der Waals surface area contributed by atoms with Crippen LogP contribution >= 0.6 is 0 Å². The number of guanidine groups is 1. The minimum Gasteiger partial charge on any atom is -0.377 e. The van der Waals surface area contributed by atoms with E-state index in [0.717, 1.165) is 11.1 Å². The van der Waals surface area contributed by atoms with E-state index < -0.39 is 51.8 Å². The summed E-state index contributed by atoms with van der Waals surface area (Å²) < 4.78 is 29.4. The van der Waals surface area contributed by atoms with Crippen LogP contribution in [0.2, 0.25) is 0 Å². The Morgan fingerprint density at radius 2 is 1.64 bits per heavy atom. The molecule has 15 nitrogen and oxygen atoms in total. The molecule has 45 heavy (non-hydrogen) atoms. The number of nitrogens with zero attached hydrogens (tertiary/aromatic N) is 3. The van der Waals surface area contributed by atoms with Crippen molar-refractivity contribution in [2.45, 2.75) is 68.0 Å². The maximum absolute atomic E-state index is 14.1. The van der Waals surface area contributed by atoms with Crippen LogP contribution in [0.3, 0.4) is 0 Å². The number of aliphatic imine (C=N–C) groups is 1. The summed E-state index contributed by atoms with van der Waals surface area (Å²) in [5, 5.41) is 6.38. The zero-order chi connectivity index (χ0) is 33.3. The average molecular weight is 646 g/mol. The second kappa shape index (κ2) is 15.5. The molecular formula is C29H43N9O6S. The number of carbonyl (C=O) groups is 4. The second-order valence-electron chi connectivity index (χ2n) is 11.1. The molecular weight excluding hydrogens is 602 g/mol.